The smallest absolute Gasteiger partial charge is 0.159 e. The molecule has 4 heteroatoms. The third-order valence-corrected chi connectivity index (χ3v) is 2.74. The van der Waals surface area contributed by atoms with Crippen molar-refractivity contribution >= 4 is 5.78 Å². The summed E-state index contributed by atoms with van der Waals surface area (Å²) in [7, 11) is 0. The second kappa shape index (κ2) is 5.06. The van der Waals surface area contributed by atoms with E-state index in [2.05, 4.69) is 9.97 Å². The van der Waals surface area contributed by atoms with Crippen LogP contribution >= 0.6 is 0 Å². The molecule has 0 aliphatic carbocycles. The van der Waals surface area contributed by atoms with Gasteiger partial charge < -0.3 is 5.11 Å². The molecular weight excluding hydrogens is 228 g/mol. The minimum absolute atomic E-state index is 0.0316. The van der Waals surface area contributed by atoms with Crippen molar-refractivity contribution in [1.82, 2.24) is 9.97 Å². The molecule has 0 atom stereocenters. The van der Waals surface area contributed by atoms with Crippen LogP contribution in [0.15, 0.2) is 30.5 Å². The van der Waals surface area contributed by atoms with E-state index in [1.54, 1.807) is 25.3 Å². The summed E-state index contributed by atoms with van der Waals surface area (Å²) in [6, 6.07) is 7.20. The molecule has 4 nitrogen and oxygen atoms in total. The molecule has 1 N–H and O–H groups in total. The predicted molar refractivity (Wildman–Crippen MR) is 68.1 cm³/mol. The van der Waals surface area contributed by atoms with Crippen molar-refractivity contribution in [1.29, 1.82) is 0 Å². The number of ketones is 1. The lowest BCUT2D eigenvalue weighted by Crippen LogP contribution is -1.99. The summed E-state index contributed by atoms with van der Waals surface area (Å²) >= 11 is 0. The maximum atomic E-state index is 11.2. The Hall–Kier alpha value is -2.07. The van der Waals surface area contributed by atoms with Gasteiger partial charge in [-0.1, -0.05) is 24.3 Å². The number of aryl methyl sites for hydroxylation is 1. The lowest BCUT2D eigenvalue weighted by atomic mass is 10.0. The van der Waals surface area contributed by atoms with Crippen LogP contribution in [0, 0.1) is 6.92 Å². The maximum absolute atomic E-state index is 11.2. The van der Waals surface area contributed by atoms with Gasteiger partial charge in [0, 0.05) is 17.3 Å². The van der Waals surface area contributed by atoms with Crippen LogP contribution in [-0.2, 0) is 6.61 Å². The van der Waals surface area contributed by atoms with Gasteiger partial charge in [0.05, 0.1) is 12.3 Å². The summed E-state index contributed by atoms with van der Waals surface area (Å²) in [4.78, 5) is 19.5. The van der Waals surface area contributed by atoms with Crippen LogP contribution in [0.4, 0.5) is 0 Å². The highest BCUT2D eigenvalue weighted by atomic mass is 16.3. The lowest BCUT2D eigenvalue weighted by Gasteiger charge is -2.07. The molecule has 1 heterocycles. The first-order valence-corrected chi connectivity index (χ1v) is 5.66. The number of aromatic nitrogens is 2. The third-order valence-electron chi connectivity index (χ3n) is 2.74. The fourth-order valence-corrected chi connectivity index (χ4v) is 1.76. The number of carbonyl (C=O) groups is 1. The van der Waals surface area contributed by atoms with Crippen molar-refractivity contribution in [3.8, 4) is 11.1 Å². The first-order valence-electron chi connectivity index (χ1n) is 5.66. The Kier molecular flexibility index (Phi) is 3.48. The number of benzene rings is 1. The van der Waals surface area contributed by atoms with E-state index in [1.165, 1.54) is 6.92 Å². The van der Waals surface area contributed by atoms with Crippen LogP contribution in [0.1, 0.15) is 28.8 Å². The van der Waals surface area contributed by atoms with Crippen molar-refractivity contribution in [2.24, 2.45) is 0 Å². The average Bonchev–Trinajstić information content (AvgIpc) is 2.38. The maximum Gasteiger partial charge on any atom is 0.159 e. The summed E-state index contributed by atoms with van der Waals surface area (Å²) in [5.74, 6) is 0.659. The van der Waals surface area contributed by atoms with E-state index < -0.39 is 0 Å². The van der Waals surface area contributed by atoms with Crippen molar-refractivity contribution in [3.05, 3.63) is 47.5 Å². The van der Waals surface area contributed by atoms with E-state index in [1.807, 2.05) is 12.1 Å². The fraction of sp³-hybridized carbons (Fsp3) is 0.214. The van der Waals surface area contributed by atoms with Crippen LogP contribution in [-0.4, -0.2) is 20.9 Å². The Morgan fingerprint density at radius 3 is 2.50 bits per heavy atom. The number of aliphatic hydroxyl groups excluding tert-OH is 1. The quantitative estimate of drug-likeness (QED) is 0.838. The molecule has 0 aliphatic rings. The van der Waals surface area contributed by atoms with Crippen LogP contribution in [0.5, 0.6) is 0 Å². The van der Waals surface area contributed by atoms with Crippen molar-refractivity contribution < 1.29 is 9.90 Å². The molecule has 92 valence electrons. The number of carbonyl (C=O) groups excluding carboxylic acids is 1. The molecular formula is C14H14N2O2. The SMILES string of the molecule is CC(=O)c1ccc(-c2cnc(C)nc2CO)cc1. The Morgan fingerprint density at radius 1 is 1.28 bits per heavy atom. The fourth-order valence-electron chi connectivity index (χ4n) is 1.76. The van der Waals surface area contributed by atoms with Crippen LogP contribution in [0.3, 0.4) is 0 Å². The average molecular weight is 242 g/mol. The minimum Gasteiger partial charge on any atom is -0.390 e. The normalized spacial score (nSPS) is 10.4. The molecule has 0 aliphatic heterocycles. The zero-order valence-electron chi connectivity index (χ0n) is 10.3. The first-order chi connectivity index (χ1) is 8.61. The van der Waals surface area contributed by atoms with Gasteiger partial charge in [0.2, 0.25) is 0 Å². The highest BCUT2D eigenvalue weighted by molar-refractivity contribution is 5.94. The van der Waals surface area contributed by atoms with Gasteiger partial charge in [0.1, 0.15) is 5.82 Å². The molecule has 0 bridgehead atoms. The van der Waals surface area contributed by atoms with Gasteiger partial charge in [-0.15, -0.1) is 0 Å². The van der Waals surface area contributed by atoms with Gasteiger partial charge in [0.15, 0.2) is 5.78 Å². The molecule has 1 aromatic heterocycles. The number of hydrogen-bond acceptors (Lipinski definition) is 4. The third kappa shape index (κ3) is 2.43. The van der Waals surface area contributed by atoms with Crippen molar-refractivity contribution in [2.45, 2.75) is 20.5 Å². The van der Waals surface area contributed by atoms with Crippen LogP contribution < -0.4 is 0 Å². The van der Waals surface area contributed by atoms with Crippen molar-refractivity contribution in [3.63, 3.8) is 0 Å². The van der Waals surface area contributed by atoms with E-state index >= 15 is 0 Å². The number of aliphatic hydroxyl groups is 1. The summed E-state index contributed by atoms with van der Waals surface area (Å²) < 4.78 is 0. The zero-order valence-corrected chi connectivity index (χ0v) is 10.3. The Morgan fingerprint density at radius 2 is 1.94 bits per heavy atom. The summed E-state index contributed by atoms with van der Waals surface area (Å²) in [6.07, 6.45) is 1.69. The number of nitrogens with zero attached hydrogens (tertiary/aromatic N) is 2. The highest BCUT2D eigenvalue weighted by Gasteiger charge is 2.08. The topological polar surface area (TPSA) is 63.1 Å². The predicted octanol–water partition coefficient (Wildman–Crippen LogP) is 2.15. The summed E-state index contributed by atoms with van der Waals surface area (Å²) in [5.41, 5.74) is 2.94. The van der Waals surface area contributed by atoms with E-state index in [-0.39, 0.29) is 12.4 Å². The van der Waals surface area contributed by atoms with Crippen LogP contribution in [0.25, 0.3) is 11.1 Å². The highest BCUT2D eigenvalue weighted by Crippen LogP contribution is 2.22. The van der Waals surface area contributed by atoms with E-state index in [0.29, 0.717) is 17.1 Å². The molecule has 0 unspecified atom stereocenters. The van der Waals surface area contributed by atoms with Gasteiger partial charge in [-0.2, -0.15) is 0 Å². The second-order valence-electron chi connectivity index (χ2n) is 4.07. The molecule has 18 heavy (non-hydrogen) atoms. The van der Waals surface area contributed by atoms with Gasteiger partial charge >= 0.3 is 0 Å². The molecule has 2 rings (SSSR count). The Balaban J connectivity index is 2.45. The van der Waals surface area contributed by atoms with E-state index in [0.717, 1.165) is 11.1 Å². The van der Waals surface area contributed by atoms with Gasteiger partial charge in [-0.25, -0.2) is 9.97 Å². The van der Waals surface area contributed by atoms with Gasteiger partial charge in [-0.3, -0.25) is 4.79 Å². The van der Waals surface area contributed by atoms with Gasteiger partial charge in [0.25, 0.3) is 0 Å². The molecule has 0 fully saturated rings. The number of rotatable bonds is 3. The molecule has 1 aromatic carbocycles. The van der Waals surface area contributed by atoms with E-state index in [4.69, 9.17) is 0 Å². The molecule has 0 saturated carbocycles. The first kappa shape index (κ1) is 12.4. The van der Waals surface area contributed by atoms with Crippen molar-refractivity contribution in [2.75, 3.05) is 0 Å². The molecule has 2 aromatic rings. The summed E-state index contributed by atoms with van der Waals surface area (Å²) in [5, 5.41) is 9.30. The monoisotopic (exact) mass is 242 g/mol. The zero-order chi connectivity index (χ0) is 13.1. The van der Waals surface area contributed by atoms with E-state index in [9.17, 15) is 9.90 Å². The molecule has 0 amide bonds. The Labute approximate surface area is 105 Å². The molecule has 0 spiro atoms. The molecule has 0 saturated heterocycles. The lowest BCUT2D eigenvalue weighted by molar-refractivity contribution is 0.101. The number of Topliss-reactive ketones (excluding diaryl/α,β-unsaturated/α-hetero) is 1. The second-order valence-corrected chi connectivity index (χ2v) is 4.07. The van der Waals surface area contributed by atoms with Crippen LogP contribution in [0.2, 0.25) is 0 Å². The molecule has 0 radical (unpaired) electrons. The van der Waals surface area contributed by atoms with Gasteiger partial charge in [-0.05, 0) is 19.4 Å². The summed E-state index contributed by atoms with van der Waals surface area (Å²) in [6.45, 7) is 3.18. The Bertz CT molecular complexity index is 577. The largest absolute Gasteiger partial charge is 0.390 e. The standard InChI is InChI=1S/C14H14N2O2/c1-9(18)11-3-5-12(6-4-11)13-7-15-10(2)16-14(13)8-17/h3-7,17H,8H2,1-2H3. The number of hydrogen-bond donors (Lipinski definition) is 1. The minimum atomic E-state index is -0.132.